The third-order valence-electron chi connectivity index (χ3n) is 3.04. The van der Waals surface area contributed by atoms with Crippen molar-refractivity contribution in [2.24, 2.45) is 5.73 Å². The number of nitrogens with two attached hydrogens (primary N) is 1. The van der Waals surface area contributed by atoms with Gasteiger partial charge in [0.1, 0.15) is 0 Å². The lowest BCUT2D eigenvalue weighted by atomic mass is 9.76. The van der Waals surface area contributed by atoms with Crippen molar-refractivity contribution in [3.05, 3.63) is 29.3 Å². The summed E-state index contributed by atoms with van der Waals surface area (Å²) in [4.78, 5) is 0. The molecule has 17 heavy (non-hydrogen) atoms. The van der Waals surface area contributed by atoms with E-state index in [-0.39, 0.29) is 12.5 Å². The van der Waals surface area contributed by atoms with Crippen LogP contribution in [0.4, 0.5) is 0 Å². The van der Waals surface area contributed by atoms with Crippen LogP contribution in [0.15, 0.2) is 18.2 Å². The highest BCUT2D eigenvalue weighted by atomic mass is 16.6. The Morgan fingerprint density at radius 2 is 2.18 bits per heavy atom. The molecular formula is C13H20BNO2. The highest BCUT2D eigenvalue weighted by Crippen LogP contribution is 2.24. The smallest absolute Gasteiger partial charge is 0.406 e. The normalized spacial score (nSPS) is 15.2. The van der Waals surface area contributed by atoms with Crippen molar-refractivity contribution >= 4 is 12.6 Å². The van der Waals surface area contributed by atoms with Gasteiger partial charge in [-0.05, 0) is 22.0 Å². The summed E-state index contributed by atoms with van der Waals surface area (Å²) in [6.45, 7) is 8.34. The highest BCUT2D eigenvalue weighted by molar-refractivity contribution is 6.62. The summed E-state index contributed by atoms with van der Waals surface area (Å²) in [7, 11) is -0.234. The molecule has 2 rings (SSSR count). The number of hydrogen-bond donors (Lipinski definition) is 1. The second-order valence-corrected chi connectivity index (χ2v) is 5.47. The first-order chi connectivity index (χ1) is 8.02. The Bertz CT molecular complexity index is 401. The van der Waals surface area contributed by atoms with E-state index in [4.69, 9.17) is 15.0 Å². The van der Waals surface area contributed by atoms with Crippen LogP contribution in [0.5, 0.6) is 0 Å². The minimum absolute atomic E-state index is 0.172. The van der Waals surface area contributed by atoms with E-state index in [9.17, 15) is 0 Å². The quantitative estimate of drug-likeness (QED) is 0.797. The molecule has 0 amide bonds. The van der Waals surface area contributed by atoms with Crippen LogP contribution in [0.1, 0.15) is 31.9 Å². The maximum Gasteiger partial charge on any atom is 0.494 e. The Morgan fingerprint density at radius 3 is 2.82 bits per heavy atom. The van der Waals surface area contributed by atoms with Crippen LogP contribution in [0.2, 0.25) is 0 Å². The van der Waals surface area contributed by atoms with Crippen LogP contribution in [0, 0.1) is 0 Å². The number of hydrogen-bond acceptors (Lipinski definition) is 3. The molecule has 0 fully saturated rings. The molecule has 1 aromatic carbocycles. The molecular weight excluding hydrogens is 213 g/mol. The van der Waals surface area contributed by atoms with Crippen molar-refractivity contribution in [1.29, 1.82) is 0 Å². The van der Waals surface area contributed by atoms with Crippen LogP contribution in [0.25, 0.3) is 0 Å². The zero-order valence-corrected chi connectivity index (χ0v) is 10.8. The van der Waals surface area contributed by atoms with Crippen molar-refractivity contribution in [2.75, 3.05) is 13.2 Å². The van der Waals surface area contributed by atoms with Gasteiger partial charge in [0.05, 0.1) is 6.61 Å². The molecule has 0 aliphatic carbocycles. The molecule has 0 bridgehead atoms. The summed E-state index contributed by atoms with van der Waals surface area (Å²) >= 11 is 0. The van der Waals surface area contributed by atoms with Gasteiger partial charge in [-0.3, -0.25) is 0 Å². The summed E-state index contributed by atoms with van der Waals surface area (Å²) in [5, 5.41) is 0. The van der Waals surface area contributed by atoms with Gasteiger partial charge in [-0.15, -0.1) is 0 Å². The van der Waals surface area contributed by atoms with Gasteiger partial charge in [-0.2, -0.15) is 0 Å². The number of fused-ring (bicyclic) bond motifs is 1. The minimum atomic E-state index is -0.234. The van der Waals surface area contributed by atoms with Crippen molar-refractivity contribution in [3.8, 4) is 0 Å². The molecule has 0 saturated carbocycles. The highest BCUT2D eigenvalue weighted by Gasteiger charge is 2.31. The van der Waals surface area contributed by atoms with Gasteiger partial charge >= 0.3 is 7.12 Å². The topological polar surface area (TPSA) is 44.5 Å². The molecule has 0 unspecified atom stereocenters. The molecule has 92 valence electrons. The second kappa shape index (κ2) is 4.80. The molecule has 0 spiro atoms. The Balaban J connectivity index is 2.20. The first kappa shape index (κ1) is 12.6. The summed E-state index contributed by atoms with van der Waals surface area (Å²) in [6.07, 6.45) is 0. The van der Waals surface area contributed by atoms with Gasteiger partial charge in [0.2, 0.25) is 0 Å². The predicted molar refractivity (Wildman–Crippen MR) is 70.3 cm³/mol. The van der Waals surface area contributed by atoms with Gasteiger partial charge < -0.3 is 15.0 Å². The van der Waals surface area contributed by atoms with E-state index in [2.05, 4.69) is 39.0 Å². The molecule has 0 atom stereocenters. The molecule has 2 N–H and O–H groups in total. The van der Waals surface area contributed by atoms with Crippen LogP contribution >= 0.6 is 0 Å². The lowest BCUT2D eigenvalue weighted by Gasteiger charge is -2.19. The van der Waals surface area contributed by atoms with Gasteiger partial charge in [0.15, 0.2) is 0 Å². The Morgan fingerprint density at radius 1 is 1.41 bits per heavy atom. The van der Waals surface area contributed by atoms with E-state index in [1.165, 1.54) is 11.1 Å². The van der Waals surface area contributed by atoms with E-state index in [0.717, 1.165) is 5.46 Å². The van der Waals surface area contributed by atoms with Crippen LogP contribution in [0.3, 0.4) is 0 Å². The van der Waals surface area contributed by atoms with E-state index in [0.29, 0.717) is 19.8 Å². The molecule has 0 aromatic heterocycles. The predicted octanol–water partition coefficient (Wildman–Crippen LogP) is 1.18. The molecule has 1 aliphatic heterocycles. The zero-order valence-electron chi connectivity index (χ0n) is 10.8. The first-order valence-electron chi connectivity index (χ1n) is 6.09. The van der Waals surface area contributed by atoms with Gasteiger partial charge in [-0.1, -0.05) is 39.0 Å². The van der Waals surface area contributed by atoms with E-state index >= 15 is 0 Å². The molecule has 4 heteroatoms. The monoisotopic (exact) mass is 233 g/mol. The Kier molecular flexibility index (Phi) is 3.57. The summed E-state index contributed by atoms with van der Waals surface area (Å²) in [5.74, 6) is 0. The Hall–Kier alpha value is -0.835. The lowest BCUT2D eigenvalue weighted by molar-refractivity contribution is 0.216. The maximum absolute atomic E-state index is 5.62. The van der Waals surface area contributed by atoms with Crippen LogP contribution in [-0.4, -0.2) is 20.3 Å². The van der Waals surface area contributed by atoms with Gasteiger partial charge in [0, 0.05) is 13.2 Å². The minimum Gasteiger partial charge on any atom is -0.406 e. The maximum atomic E-state index is 5.62. The van der Waals surface area contributed by atoms with E-state index < -0.39 is 0 Å². The molecule has 1 heterocycles. The first-order valence-corrected chi connectivity index (χ1v) is 6.09. The third-order valence-corrected chi connectivity index (χ3v) is 3.04. The fraction of sp³-hybridized carbons (Fsp3) is 0.538. The molecule has 3 nitrogen and oxygen atoms in total. The molecule has 0 radical (unpaired) electrons. The van der Waals surface area contributed by atoms with E-state index in [1.807, 2.05) is 0 Å². The SMILES string of the molecule is CC(C)(C)c1ccc2c(c1)COB2OCCN. The largest absolute Gasteiger partial charge is 0.494 e. The summed E-state index contributed by atoms with van der Waals surface area (Å²) < 4.78 is 11.2. The molecule has 0 saturated heterocycles. The lowest BCUT2D eigenvalue weighted by Crippen LogP contribution is -2.34. The van der Waals surface area contributed by atoms with Gasteiger partial charge in [-0.25, -0.2) is 0 Å². The fourth-order valence-corrected chi connectivity index (χ4v) is 2.00. The van der Waals surface area contributed by atoms with Crippen molar-refractivity contribution in [2.45, 2.75) is 32.8 Å². The van der Waals surface area contributed by atoms with Crippen LogP contribution in [-0.2, 0) is 21.3 Å². The van der Waals surface area contributed by atoms with E-state index in [1.54, 1.807) is 0 Å². The summed E-state index contributed by atoms with van der Waals surface area (Å²) in [5.41, 5.74) is 9.31. The fourth-order valence-electron chi connectivity index (χ4n) is 2.00. The van der Waals surface area contributed by atoms with Crippen molar-refractivity contribution in [3.63, 3.8) is 0 Å². The average molecular weight is 233 g/mol. The van der Waals surface area contributed by atoms with Crippen LogP contribution < -0.4 is 11.2 Å². The number of benzene rings is 1. The summed E-state index contributed by atoms with van der Waals surface area (Å²) in [6, 6.07) is 6.50. The average Bonchev–Trinajstić information content (AvgIpc) is 2.67. The third kappa shape index (κ3) is 2.71. The molecule has 1 aromatic rings. The second-order valence-electron chi connectivity index (χ2n) is 5.47. The zero-order chi connectivity index (χ0) is 12.5. The number of rotatable bonds is 3. The van der Waals surface area contributed by atoms with Crippen molar-refractivity contribution in [1.82, 2.24) is 0 Å². The molecule has 1 aliphatic rings. The van der Waals surface area contributed by atoms with Gasteiger partial charge in [0.25, 0.3) is 0 Å². The standard InChI is InChI=1S/C13H20BNO2/c1-13(2,3)11-4-5-12-10(8-11)9-17-14(12)16-7-6-15/h4-5,8H,6-7,9,15H2,1-3H3. The Labute approximate surface area is 103 Å². The van der Waals surface area contributed by atoms with Crippen molar-refractivity contribution < 1.29 is 9.31 Å².